The molecule has 0 aromatic heterocycles. The normalized spacial score (nSPS) is 17.1. The predicted octanol–water partition coefficient (Wildman–Crippen LogP) is 4.74. The average Bonchev–Trinajstić information content (AvgIpc) is 2.28. The standard InChI is InChI=1S/C13H30Cl2O5Si4/c1-10-12(16)17-13(11-2)24(9,15)20-23(7,8)19-22(5,6)18-21(3,4)14/h10,13H,1,11H2,2-9H3. The Balaban J connectivity index is 5.09. The van der Waals surface area contributed by atoms with Crippen LogP contribution in [0.15, 0.2) is 12.7 Å². The summed E-state index contributed by atoms with van der Waals surface area (Å²) in [5.74, 6) is -0.502. The largest absolute Gasteiger partial charge is 0.459 e. The molecule has 2 atom stereocenters. The Labute approximate surface area is 159 Å². The Bertz CT molecular complexity index is 452. The van der Waals surface area contributed by atoms with Crippen LogP contribution in [-0.2, 0) is 21.9 Å². The molecule has 0 amide bonds. The number of halogens is 2. The number of ether oxygens (including phenoxy) is 1. The number of esters is 1. The van der Waals surface area contributed by atoms with Gasteiger partial charge in [0.15, 0.2) is 0 Å². The minimum absolute atomic E-state index is 0.482. The van der Waals surface area contributed by atoms with Gasteiger partial charge in [-0.25, -0.2) is 4.79 Å². The molecule has 0 aliphatic rings. The number of hydrogen-bond donors (Lipinski definition) is 0. The summed E-state index contributed by atoms with van der Waals surface area (Å²) in [6, 6.07) is 0. The van der Waals surface area contributed by atoms with Crippen molar-refractivity contribution >= 4 is 60.5 Å². The van der Waals surface area contributed by atoms with Crippen molar-refractivity contribution in [2.45, 2.75) is 64.9 Å². The van der Waals surface area contributed by atoms with Crippen LogP contribution in [0.1, 0.15) is 13.3 Å². The van der Waals surface area contributed by atoms with Gasteiger partial charge in [0.05, 0.1) is 0 Å². The van der Waals surface area contributed by atoms with Crippen molar-refractivity contribution in [2.24, 2.45) is 0 Å². The molecule has 0 aromatic carbocycles. The van der Waals surface area contributed by atoms with Crippen molar-refractivity contribution in [1.29, 1.82) is 0 Å². The number of carbonyl (C=O) groups is 1. The highest BCUT2D eigenvalue weighted by Crippen LogP contribution is 2.29. The Morgan fingerprint density at radius 2 is 1.46 bits per heavy atom. The molecule has 11 heteroatoms. The highest BCUT2D eigenvalue weighted by molar-refractivity contribution is 7.19. The first-order valence-corrected chi connectivity index (χ1v) is 20.9. The van der Waals surface area contributed by atoms with Crippen molar-refractivity contribution in [3.63, 3.8) is 0 Å². The minimum Gasteiger partial charge on any atom is -0.459 e. The summed E-state index contributed by atoms with van der Waals surface area (Å²) < 4.78 is 23.8. The van der Waals surface area contributed by atoms with Crippen LogP contribution in [-0.4, -0.2) is 44.1 Å². The van der Waals surface area contributed by atoms with Crippen molar-refractivity contribution in [1.82, 2.24) is 0 Å². The van der Waals surface area contributed by atoms with Crippen LogP contribution in [0.4, 0.5) is 0 Å². The molecule has 2 unspecified atom stereocenters. The molecule has 0 fully saturated rings. The maximum atomic E-state index is 11.5. The van der Waals surface area contributed by atoms with E-state index in [1.807, 2.05) is 52.8 Å². The van der Waals surface area contributed by atoms with E-state index in [9.17, 15) is 4.79 Å². The van der Waals surface area contributed by atoms with Crippen molar-refractivity contribution in [3.05, 3.63) is 12.7 Å². The molecule has 0 aromatic rings. The van der Waals surface area contributed by atoms with Crippen LogP contribution in [0.2, 0.25) is 45.8 Å². The van der Waals surface area contributed by atoms with Gasteiger partial charge in [-0.1, -0.05) is 13.5 Å². The molecule has 5 nitrogen and oxygen atoms in total. The Morgan fingerprint density at radius 1 is 1.00 bits per heavy atom. The van der Waals surface area contributed by atoms with Crippen LogP contribution in [0.5, 0.6) is 0 Å². The smallest absolute Gasteiger partial charge is 0.330 e. The first kappa shape index (κ1) is 24.5. The summed E-state index contributed by atoms with van der Waals surface area (Å²) in [7, 11) is -10.1. The highest BCUT2D eigenvalue weighted by Gasteiger charge is 2.48. The maximum absolute atomic E-state index is 11.5. The molecular weight excluding hydrogens is 419 g/mol. The van der Waals surface area contributed by atoms with Crippen molar-refractivity contribution in [2.75, 3.05) is 0 Å². The zero-order valence-corrected chi connectivity index (χ0v) is 21.4. The van der Waals surface area contributed by atoms with E-state index in [4.69, 9.17) is 39.2 Å². The third-order valence-electron chi connectivity index (χ3n) is 2.80. The van der Waals surface area contributed by atoms with Gasteiger partial charge in [-0.2, -0.15) is 0 Å². The average molecular weight is 450 g/mol. The van der Waals surface area contributed by atoms with E-state index in [1.54, 1.807) is 0 Å². The van der Waals surface area contributed by atoms with E-state index in [-0.39, 0.29) is 0 Å². The quantitative estimate of drug-likeness (QED) is 0.209. The molecule has 0 radical (unpaired) electrons. The zero-order valence-electron chi connectivity index (χ0n) is 15.9. The van der Waals surface area contributed by atoms with Gasteiger partial charge in [-0.3, -0.25) is 0 Å². The first-order chi connectivity index (χ1) is 10.5. The van der Waals surface area contributed by atoms with Crippen molar-refractivity contribution < 1.29 is 21.9 Å². The first-order valence-electron chi connectivity index (χ1n) is 7.85. The molecule has 0 heterocycles. The summed E-state index contributed by atoms with van der Waals surface area (Å²) in [6.07, 6.45) is 1.69. The number of hydrogen-bond acceptors (Lipinski definition) is 5. The second kappa shape index (κ2) is 8.96. The van der Waals surface area contributed by atoms with Gasteiger partial charge in [-0.05, 0) is 52.2 Å². The fourth-order valence-electron chi connectivity index (χ4n) is 2.51. The lowest BCUT2D eigenvalue weighted by Gasteiger charge is -2.40. The fraction of sp³-hybridized carbons (Fsp3) is 0.769. The van der Waals surface area contributed by atoms with Gasteiger partial charge < -0.3 is 17.1 Å². The minimum atomic E-state index is -2.84. The Kier molecular flexibility index (Phi) is 9.16. The predicted molar refractivity (Wildman–Crippen MR) is 109 cm³/mol. The van der Waals surface area contributed by atoms with E-state index in [2.05, 4.69) is 6.58 Å². The third kappa shape index (κ3) is 9.87. The van der Waals surface area contributed by atoms with E-state index < -0.39 is 44.1 Å². The van der Waals surface area contributed by atoms with E-state index in [0.29, 0.717) is 6.42 Å². The fourth-order valence-corrected chi connectivity index (χ4v) is 22.4. The zero-order chi connectivity index (χ0) is 19.4. The SMILES string of the molecule is C=CC(=O)OC(CC)[Si](C)(Cl)O[Si](C)(C)O[Si](C)(C)O[Si](C)(C)Cl. The molecular formula is C13H30Cl2O5Si4. The molecule has 0 rings (SSSR count). The summed E-state index contributed by atoms with van der Waals surface area (Å²) in [5, 5.41) is 0. The summed E-state index contributed by atoms with van der Waals surface area (Å²) in [4.78, 5) is 11.5. The lowest BCUT2D eigenvalue weighted by molar-refractivity contribution is -0.140. The van der Waals surface area contributed by atoms with Gasteiger partial charge >= 0.3 is 30.7 Å². The molecule has 0 saturated carbocycles. The van der Waals surface area contributed by atoms with Gasteiger partial charge in [-0.15, -0.1) is 22.2 Å². The van der Waals surface area contributed by atoms with Gasteiger partial charge in [0.25, 0.3) is 7.63 Å². The molecule has 0 bridgehead atoms. The topological polar surface area (TPSA) is 54.0 Å². The second-order valence-corrected chi connectivity index (χ2v) is 25.4. The molecule has 0 saturated heterocycles. The second-order valence-electron chi connectivity index (χ2n) is 6.99. The monoisotopic (exact) mass is 448 g/mol. The van der Waals surface area contributed by atoms with Crippen molar-refractivity contribution in [3.8, 4) is 0 Å². The van der Waals surface area contributed by atoms with Crippen LogP contribution >= 0.6 is 22.2 Å². The van der Waals surface area contributed by atoms with Gasteiger partial charge in [0.1, 0.15) is 5.73 Å². The molecule has 0 N–H and O–H groups in total. The highest BCUT2D eigenvalue weighted by atomic mass is 35.6. The van der Waals surface area contributed by atoms with Gasteiger partial charge in [0.2, 0.25) is 0 Å². The summed E-state index contributed by atoms with van der Waals surface area (Å²) >= 11 is 13.0. The van der Waals surface area contributed by atoms with Crippen LogP contribution in [0.25, 0.3) is 0 Å². The van der Waals surface area contributed by atoms with E-state index >= 15 is 0 Å². The Hall–Kier alpha value is 0.538. The molecule has 0 aliphatic heterocycles. The summed E-state index contributed by atoms with van der Waals surface area (Å²) in [5.41, 5.74) is -0.482. The molecule has 24 heavy (non-hydrogen) atoms. The lowest BCUT2D eigenvalue weighted by atomic mass is 10.5. The van der Waals surface area contributed by atoms with Crippen LogP contribution in [0.3, 0.4) is 0 Å². The van der Waals surface area contributed by atoms with Crippen LogP contribution in [0, 0.1) is 0 Å². The third-order valence-corrected chi connectivity index (χ3v) is 18.0. The van der Waals surface area contributed by atoms with Crippen LogP contribution < -0.4 is 0 Å². The number of carbonyl (C=O) groups excluding carboxylic acids is 1. The molecule has 142 valence electrons. The van der Waals surface area contributed by atoms with E-state index in [0.717, 1.165) is 6.08 Å². The van der Waals surface area contributed by atoms with E-state index in [1.165, 1.54) is 0 Å². The lowest BCUT2D eigenvalue weighted by Crippen LogP contribution is -2.58. The maximum Gasteiger partial charge on any atom is 0.330 e. The number of rotatable bonds is 10. The Morgan fingerprint density at radius 3 is 1.83 bits per heavy atom. The molecule has 0 spiro atoms. The van der Waals surface area contributed by atoms with Gasteiger partial charge in [0, 0.05) is 6.08 Å². The molecule has 0 aliphatic carbocycles. The summed E-state index contributed by atoms with van der Waals surface area (Å²) in [6.45, 7) is 18.7.